The molecule has 1 heterocycles. The highest BCUT2D eigenvalue weighted by atomic mass is 16.6. The van der Waals surface area contributed by atoms with Crippen LogP contribution in [0.5, 0.6) is 0 Å². The fourth-order valence-corrected chi connectivity index (χ4v) is 2.31. The molecule has 0 aromatic carbocycles. The van der Waals surface area contributed by atoms with E-state index in [2.05, 4.69) is 16.0 Å². The van der Waals surface area contributed by atoms with Gasteiger partial charge in [0, 0.05) is 7.11 Å². The molecule has 24 heavy (non-hydrogen) atoms. The molecule has 1 saturated heterocycles. The molecule has 3 atom stereocenters. The van der Waals surface area contributed by atoms with Gasteiger partial charge < -0.3 is 25.4 Å². The number of amides is 2. The van der Waals surface area contributed by atoms with Gasteiger partial charge in [0.25, 0.3) is 0 Å². The summed E-state index contributed by atoms with van der Waals surface area (Å²) in [5, 5.41) is 8.04. The van der Waals surface area contributed by atoms with Gasteiger partial charge in [-0.05, 0) is 26.3 Å². The van der Waals surface area contributed by atoms with Crippen LogP contribution in [0.15, 0.2) is 0 Å². The van der Waals surface area contributed by atoms with Gasteiger partial charge in [0.2, 0.25) is 11.8 Å². The molecule has 8 heteroatoms. The van der Waals surface area contributed by atoms with E-state index >= 15 is 0 Å². The van der Waals surface area contributed by atoms with E-state index in [1.54, 1.807) is 14.0 Å². The summed E-state index contributed by atoms with van der Waals surface area (Å²) in [6.45, 7) is 6.07. The molecule has 8 nitrogen and oxygen atoms in total. The Balaban J connectivity index is 2.52. The molecule has 138 valence electrons. The molecule has 2 amide bonds. The number of hydrogen-bond donors (Lipinski definition) is 3. The molecule has 0 aliphatic carbocycles. The smallest absolute Gasteiger partial charge is 0.239 e. The van der Waals surface area contributed by atoms with Gasteiger partial charge in [-0.1, -0.05) is 13.8 Å². The van der Waals surface area contributed by atoms with Gasteiger partial charge in [0.15, 0.2) is 5.78 Å². The zero-order valence-electron chi connectivity index (χ0n) is 15.1. The van der Waals surface area contributed by atoms with Gasteiger partial charge in [-0.2, -0.15) is 0 Å². The van der Waals surface area contributed by atoms with E-state index < -0.39 is 23.6 Å². The summed E-state index contributed by atoms with van der Waals surface area (Å²) >= 11 is 0. The molecule has 0 spiro atoms. The standard InChI is InChI=1S/C16H29N3O5/c1-10(2)6-11(14(21)16(3)9-24-16)19-13(20)7-18-15(22)12(17-4)8-23-5/h10-12,17H,6-9H2,1-5H3,(H,18,22)(H,19,20). The number of carbonyl (C=O) groups is 3. The van der Waals surface area contributed by atoms with E-state index in [9.17, 15) is 14.4 Å². The summed E-state index contributed by atoms with van der Waals surface area (Å²) in [7, 11) is 3.13. The van der Waals surface area contributed by atoms with Crippen LogP contribution in [0.4, 0.5) is 0 Å². The van der Waals surface area contributed by atoms with Crippen molar-refractivity contribution < 1.29 is 23.9 Å². The zero-order chi connectivity index (χ0) is 18.3. The maximum absolute atomic E-state index is 12.4. The number of hydrogen-bond acceptors (Lipinski definition) is 6. The highest BCUT2D eigenvalue weighted by Gasteiger charge is 2.50. The second kappa shape index (κ2) is 9.10. The predicted octanol–water partition coefficient (Wildman–Crippen LogP) is -0.774. The van der Waals surface area contributed by atoms with Gasteiger partial charge >= 0.3 is 0 Å². The van der Waals surface area contributed by atoms with E-state index in [-0.39, 0.29) is 30.8 Å². The van der Waals surface area contributed by atoms with Crippen molar-refractivity contribution in [2.45, 2.75) is 44.9 Å². The minimum atomic E-state index is -0.786. The minimum Gasteiger partial charge on any atom is -0.383 e. The number of ketones is 1. The third kappa shape index (κ3) is 6.18. The normalized spacial score (nSPS) is 21.9. The van der Waals surface area contributed by atoms with Gasteiger partial charge in [0.05, 0.1) is 25.8 Å². The lowest BCUT2D eigenvalue weighted by atomic mass is 9.93. The van der Waals surface area contributed by atoms with Crippen molar-refractivity contribution in [2.24, 2.45) is 5.92 Å². The molecule has 0 aromatic rings. The van der Waals surface area contributed by atoms with Crippen LogP contribution >= 0.6 is 0 Å². The van der Waals surface area contributed by atoms with E-state index in [0.717, 1.165) is 0 Å². The third-order valence-corrected chi connectivity index (χ3v) is 3.88. The van der Waals surface area contributed by atoms with E-state index in [1.807, 2.05) is 13.8 Å². The van der Waals surface area contributed by atoms with Gasteiger partial charge in [-0.15, -0.1) is 0 Å². The molecule has 0 bridgehead atoms. The van der Waals surface area contributed by atoms with E-state index in [4.69, 9.17) is 9.47 Å². The topological polar surface area (TPSA) is 109 Å². The number of likely N-dealkylation sites (N-methyl/N-ethyl adjacent to an activating group) is 1. The highest BCUT2D eigenvalue weighted by molar-refractivity contribution is 5.97. The van der Waals surface area contributed by atoms with Crippen LogP contribution in [0.3, 0.4) is 0 Å². The monoisotopic (exact) mass is 343 g/mol. The van der Waals surface area contributed by atoms with Crippen molar-refractivity contribution in [1.29, 1.82) is 0 Å². The number of carbonyl (C=O) groups excluding carboxylic acids is 3. The zero-order valence-corrected chi connectivity index (χ0v) is 15.1. The minimum absolute atomic E-state index is 0.122. The molecule has 0 radical (unpaired) electrons. The van der Waals surface area contributed by atoms with Crippen molar-refractivity contribution in [3.05, 3.63) is 0 Å². The quantitative estimate of drug-likeness (QED) is 0.425. The summed E-state index contributed by atoms with van der Waals surface area (Å²) in [4.78, 5) is 36.4. The largest absolute Gasteiger partial charge is 0.383 e. The first-order valence-electron chi connectivity index (χ1n) is 8.15. The lowest BCUT2D eigenvalue weighted by molar-refractivity contribution is -0.131. The van der Waals surface area contributed by atoms with Crippen LogP contribution in [0, 0.1) is 5.92 Å². The lowest BCUT2D eigenvalue weighted by Crippen LogP contribution is -2.52. The Kier molecular flexibility index (Phi) is 7.78. The number of Topliss-reactive ketones (excluding diaryl/α,β-unsaturated/α-hetero) is 1. The van der Waals surface area contributed by atoms with E-state index in [0.29, 0.717) is 13.0 Å². The van der Waals surface area contributed by atoms with E-state index in [1.165, 1.54) is 7.11 Å². The Hall–Kier alpha value is -1.51. The van der Waals surface area contributed by atoms with Crippen molar-refractivity contribution in [2.75, 3.05) is 33.9 Å². The fraction of sp³-hybridized carbons (Fsp3) is 0.812. The lowest BCUT2D eigenvalue weighted by Gasteiger charge is -2.22. The molecule has 0 saturated carbocycles. The second-order valence-electron chi connectivity index (χ2n) is 6.65. The molecule has 1 aliphatic heterocycles. The number of nitrogens with one attached hydrogen (secondary N) is 3. The maximum atomic E-state index is 12.4. The summed E-state index contributed by atoms with van der Waals surface area (Å²) < 4.78 is 10.1. The molecule has 0 aromatic heterocycles. The Labute approximate surface area is 143 Å². The SMILES string of the molecule is CNC(COC)C(=O)NCC(=O)NC(CC(C)C)C(=O)C1(C)CO1. The average Bonchev–Trinajstić information content (AvgIpc) is 3.27. The second-order valence-corrected chi connectivity index (χ2v) is 6.65. The molecular formula is C16H29N3O5. The van der Waals surface area contributed by atoms with Crippen molar-refractivity contribution in [3.63, 3.8) is 0 Å². The van der Waals surface area contributed by atoms with Crippen LogP contribution in [-0.4, -0.2) is 69.2 Å². The number of ether oxygens (including phenoxy) is 2. The summed E-state index contributed by atoms with van der Waals surface area (Å²) in [5.74, 6) is -0.618. The van der Waals surface area contributed by atoms with Crippen molar-refractivity contribution in [3.8, 4) is 0 Å². The molecule has 3 N–H and O–H groups in total. The van der Waals surface area contributed by atoms with Crippen LogP contribution in [0.25, 0.3) is 0 Å². The highest BCUT2D eigenvalue weighted by Crippen LogP contribution is 2.29. The number of epoxide rings is 1. The van der Waals surface area contributed by atoms with Crippen molar-refractivity contribution >= 4 is 17.6 Å². The molecule has 1 aliphatic rings. The maximum Gasteiger partial charge on any atom is 0.239 e. The van der Waals surface area contributed by atoms with Crippen LogP contribution in [0.2, 0.25) is 0 Å². The number of rotatable bonds is 11. The molecular weight excluding hydrogens is 314 g/mol. The van der Waals surface area contributed by atoms with Gasteiger partial charge in [-0.25, -0.2) is 0 Å². The number of methoxy groups -OCH3 is 1. The van der Waals surface area contributed by atoms with Crippen LogP contribution in [-0.2, 0) is 23.9 Å². The van der Waals surface area contributed by atoms with Gasteiger partial charge in [-0.3, -0.25) is 14.4 Å². The summed E-state index contributed by atoms with van der Waals surface area (Å²) in [6, 6.07) is -1.14. The van der Waals surface area contributed by atoms with Crippen LogP contribution in [0.1, 0.15) is 27.2 Å². The third-order valence-electron chi connectivity index (χ3n) is 3.88. The first-order chi connectivity index (χ1) is 11.2. The Morgan fingerprint density at radius 3 is 2.33 bits per heavy atom. The Bertz CT molecular complexity index is 463. The Morgan fingerprint density at radius 1 is 1.25 bits per heavy atom. The average molecular weight is 343 g/mol. The van der Waals surface area contributed by atoms with Crippen molar-refractivity contribution in [1.82, 2.24) is 16.0 Å². The summed E-state index contributed by atoms with van der Waals surface area (Å²) in [5.41, 5.74) is -0.786. The first-order valence-corrected chi connectivity index (χ1v) is 8.15. The molecule has 3 unspecified atom stereocenters. The predicted molar refractivity (Wildman–Crippen MR) is 88.5 cm³/mol. The molecule has 1 fully saturated rings. The van der Waals surface area contributed by atoms with Gasteiger partial charge in [0.1, 0.15) is 11.6 Å². The van der Waals surface area contributed by atoms with Crippen LogP contribution < -0.4 is 16.0 Å². The summed E-state index contributed by atoms with van der Waals surface area (Å²) in [6.07, 6.45) is 0.528. The first kappa shape index (κ1) is 20.5. The Morgan fingerprint density at radius 2 is 1.88 bits per heavy atom. The molecule has 1 rings (SSSR count). The fourth-order valence-electron chi connectivity index (χ4n) is 2.31.